The van der Waals surface area contributed by atoms with E-state index < -0.39 is 16.9 Å². The highest BCUT2D eigenvalue weighted by atomic mass is 16.5. The molecule has 0 aliphatic heterocycles. The van der Waals surface area contributed by atoms with Crippen molar-refractivity contribution in [1.29, 1.82) is 0 Å². The van der Waals surface area contributed by atoms with Crippen LogP contribution in [0.2, 0.25) is 0 Å². The van der Waals surface area contributed by atoms with E-state index in [4.69, 9.17) is 4.74 Å². The van der Waals surface area contributed by atoms with E-state index >= 15 is 0 Å². The third-order valence-corrected chi connectivity index (χ3v) is 4.79. The quantitative estimate of drug-likeness (QED) is 0.549. The summed E-state index contributed by atoms with van der Waals surface area (Å²) in [7, 11) is 0. The van der Waals surface area contributed by atoms with E-state index in [0.29, 0.717) is 12.8 Å². The van der Waals surface area contributed by atoms with Crippen LogP contribution in [0.1, 0.15) is 75.2 Å². The Kier molecular flexibility index (Phi) is 7.49. The Balaban J connectivity index is 4.75. The van der Waals surface area contributed by atoms with Crippen molar-refractivity contribution in [1.82, 2.24) is 5.32 Å². The maximum absolute atomic E-state index is 12.7. The second kappa shape index (κ2) is 7.85. The van der Waals surface area contributed by atoms with Gasteiger partial charge in [-0.2, -0.15) is 0 Å². The number of esters is 1. The molecule has 1 amide bonds. The van der Waals surface area contributed by atoms with Gasteiger partial charge in [-0.1, -0.05) is 48.5 Å². The number of amides is 1. The van der Waals surface area contributed by atoms with Crippen molar-refractivity contribution < 1.29 is 19.4 Å². The van der Waals surface area contributed by atoms with E-state index in [1.54, 1.807) is 6.92 Å². The normalized spacial score (nSPS) is 17.6. The summed E-state index contributed by atoms with van der Waals surface area (Å²) < 4.78 is 5.44. The van der Waals surface area contributed by atoms with Crippen LogP contribution in [0.15, 0.2) is 0 Å². The molecule has 0 saturated heterocycles. The number of carbonyl (C=O) groups is 2. The molecule has 24 heavy (non-hydrogen) atoms. The van der Waals surface area contributed by atoms with Crippen LogP contribution < -0.4 is 5.32 Å². The van der Waals surface area contributed by atoms with Gasteiger partial charge in [0.15, 0.2) is 0 Å². The van der Waals surface area contributed by atoms with Crippen LogP contribution in [0.25, 0.3) is 0 Å². The summed E-state index contributed by atoms with van der Waals surface area (Å²) in [6, 6.07) is 0. The summed E-state index contributed by atoms with van der Waals surface area (Å²) in [6.45, 7) is 17.9. The van der Waals surface area contributed by atoms with E-state index in [1.807, 2.05) is 27.7 Å². The van der Waals surface area contributed by atoms with Gasteiger partial charge < -0.3 is 15.2 Å². The lowest BCUT2D eigenvalue weighted by Gasteiger charge is -2.43. The number of carbonyl (C=O) groups excluding carboxylic acids is 2. The highest BCUT2D eigenvalue weighted by Gasteiger charge is 2.47. The number of ether oxygens (including phenoxy) is 1. The zero-order valence-electron chi connectivity index (χ0n) is 17.0. The van der Waals surface area contributed by atoms with Crippen molar-refractivity contribution in [3.8, 4) is 0 Å². The summed E-state index contributed by atoms with van der Waals surface area (Å²) >= 11 is 0. The minimum absolute atomic E-state index is 0.00487. The first-order valence-corrected chi connectivity index (χ1v) is 8.75. The number of nitrogens with one attached hydrogen (secondary N) is 1. The van der Waals surface area contributed by atoms with E-state index in [2.05, 4.69) is 26.1 Å². The molecule has 2 N–H and O–H groups in total. The second-order valence-corrected chi connectivity index (χ2v) is 9.34. The Morgan fingerprint density at radius 3 is 1.88 bits per heavy atom. The second-order valence-electron chi connectivity index (χ2n) is 9.34. The Labute approximate surface area is 147 Å². The minimum atomic E-state index is -1.39. The predicted molar refractivity (Wildman–Crippen MR) is 96.5 cm³/mol. The molecule has 0 aromatic carbocycles. The molecule has 0 spiro atoms. The lowest BCUT2D eigenvalue weighted by molar-refractivity contribution is -0.165. The average Bonchev–Trinajstić information content (AvgIpc) is 2.39. The van der Waals surface area contributed by atoms with Crippen LogP contribution >= 0.6 is 0 Å². The van der Waals surface area contributed by atoms with Crippen LogP contribution in [-0.2, 0) is 14.3 Å². The Bertz CT molecular complexity index is 443. The molecule has 5 nitrogen and oxygen atoms in total. The van der Waals surface area contributed by atoms with Gasteiger partial charge in [-0.05, 0) is 37.5 Å². The van der Waals surface area contributed by atoms with Gasteiger partial charge in [-0.3, -0.25) is 9.59 Å². The van der Waals surface area contributed by atoms with Crippen LogP contribution in [-0.4, -0.2) is 35.7 Å². The first-order chi connectivity index (χ1) is 10.6. The minimum Gasteiger partial charge on any atom is -0.463 e. The molecular formula is C19H37NO4. The third-order valence-electron chi connectivity index (χ3n) is 4.79. The summed E-state index contributed by atoms with van der Waals surface area (Å²) in [5.74, 6) is -0.698. The molecule has 2 atom stereocenters. The molecule has 0 aromatic rings. The summed E-state index contributed by atoms with van der Waals surface area (Å²) in [4.78, 5) is 24.5. The first kappa shape index (κ1) is 22.9. The van der Waals surface area contributed by atoms with Crippen LogP contribution in [0.4, 0.5) is 0 Å². The van der Waals surface area contributed by atoms with E-state index in [0.717, 1.165) is 0 Å². The van der Waals surface area contributed by atoms with Crippen LogP contribution in [0.3, 0.4) is 0 Å². The Morgan fingerprint density at radius 2 is 1.50 bits per heavy atom. The molecular weight excluding hydrogens is 306 g/mol. The fraction of sp³-hybridized carbons (Fsp3) is 0.895. The lowest BCUT2D eigenvalue weighted by atomic mass is 9.61. The van der Waals surface area contributed by atoms with Crippen molar-refractivity contribution >= 4 is 11.9 Å². The van der Waals surface area contributed by atoms with Gasteiger partial charge in [-0.25, -0.2) is 0 Å². The zero-order valence-corrected chi connectivity index (χ0v) is 17.0. The van der Waals surface area contributed by atoms with Gasteiger partial charge in [0.2, 0.25) is 0 Å². The van der Waals surface area contributed by atoms with Gasteiger partial charge >= 0.3 is 5.97 Å². The van der Waals surface area contributed by atoms with E-state index in [9.17, 15) is 14.7 Å². The van der Waals surface area contributed by atoms with Gasteiger partial charge in [0.05, 0.1) is 12.0 Å². The molecule has 0 aliphatic carbocycles. The summed E-state index contributed by atoms with van der Waals surface area (Å²) in [5.41, 5.74) is -2.26. The molecule has 0 aliphatic rings. The summed E-state index contributed by atoms with van der Waals surface area (Å²) in [5, 5.41) is 12.4. The molecule has 5 heteroatoms. The lowest BCUT2D eigenvalue weighted by Crippen LogP contribution is -2.46. The molecule has 0 heterocycles. The third kappa shape index (κ3) is 6.42. The van der Waals surface area contributed by atoms with E-state index in [1.165, 1.54) is 6.92 Å². The van der Waals surface area contributed by atoms with Gasteiger partial charge in [0.1, 0.15) is 12.2 Å². The first-order valence-electron chi connectivity index (χ1n) is 8.75. The molecule has 0 aromatic heterocycles. The summed E-state index contributed by atoms with van der Waals surface area (Å²) in [6.07, 6.45) is 1.03. The fourth-order valence-electron chi connectivity index (χ4n) is 2.52. The molecule has 0 bridgehead atoms. The van der Waals surface area contributed by atoms with Crippen molar-refractivity contribution in [2.24, 2.45) is 16.2 Å². The molecule has 0 fully saturated rings. The van der Waals surface area contributed by atoms with Gasteiger partial charge in [0.25, 0.3) is 5.91 Å². The molecule has 0 rings (SSSR count). The maximum atomic E-state index is 12.7. The van der Waals surface area contributed by atoms with Crippen molar-refractivity contribution in [2.45, 2.75) is 80.8 Å². The monoisotopic (exact) mass is 343 g/mol. The molecule has 0 radical (unpaired) electrons. The highest BCUT2D eigenvalue weighted by molar-refractivity contribution is 5.84. The van der Waals surface area contributed by atoms with Crippen molar-refractivity contribution in [2.75, 3.05) is 13.2 Å². The van der Waals surface area contributed by atoms with Crippen LogP contribution in [0, 0.1) is 16.2 Å². The van der Waals surface area contributed by atoms with Gasteiger partial charge in [-0.15, -0.1) is 0 Å². The molecule has 142 valence electrons. The number of rotatable bonds is 7. The molecule has 2 unspecified atom stereocenters. The van der Waals surface area contributed by atoms with E-state index in [-0.39, 0.29) is 30.0 Å². The fourth-order valence-corrected chi connectivity index (χ4v) is 2.52. The average molecular weight is 344 g/mol. The van der Waals surface area contributed by atoms with Gasteiger partial charge in [0, 0.05) is 0 Å². The maximum Gasteiger partial charge on any atom is 0.312 e. The number of aliphatic hydroxyl groups is 1. The largest absolute Gasteiger partial charge is 0.463 e. The highest BCUT2D eigenvalue weighted by Crippen LogP contribution is 2.47. The standard InChI is InChI=1S/C19H37NO4/c1-10-19(9,23)14(21)20-11-12-24-15(22)18(8,17(5,6)7)13-16(2,3)4/h23H,10-13H2,1-9H3,(H,20,21). The van der Waals surface area contributed by atoms with Crippen molar-refractivity contribution in [3.05, 3.63) is 0 Å². The Hall–Kier alpha value is -1.10. The topological polar surface area (TPSA) is 75.6 Å². The van der Waals surface area contributed by atoms with Crippen LogP contribution in [0.5, 0.6) is 0 Å². The number of hydrogen-bond donors (Lipinski definition) is 2. The molecule has 0 saturated carbocycles. The predicted octanol–water partition coefficient (Wildman–Crippen LogP) is 3.30. The van der Waals surface area contributed by atoms with Crippen molar-refractivity contribution in [3.63, 3.8) is 0 Å². The smallest absolute Gasteiger partial charge is 0.312 e. The Morgan fingerprint density at radius 1 is 1.00 bits per heavy atom. The SMILES string of the molecule is CCC(C)(O)C(=O)NCCOC(=O)C(C)(CC(C)(C)C)C(C)(C)C. The number of hydrogen-bond acceptors (Lipinski definition) is 4. The zero-order chi connectivity index (χ0) is 19.4.